The summed E-state index contributed by atoms with van der Waals surface area (Å²) in [5.41, 5.74) is -0.660. The summed E-state index contributed by atoms with van der Waals surface area (Å²) in [6.07, 6.45) is 0.839. The third-order valence-electron chi connectivity index (χ3n) is 2.21. The van der Waals surface area contributed by atoms with E-state index < -0.39 is 23.7 Å². The van der Waals surface area contributed by atoms with E-state index in [1.165, 1.54) is 7.11 Å². The molecule has 0 saturated heterocycles. The molecule has 0 aromatic carbocycles. The quantitative estimate of drug-likeness (QED) is 0.829. The number of hydrogen-bond donors (Lipinski definition) is 1. The summed E-state index contributed by atoms with van der Waals surface area (Å²) in [6, 6.07) is 4.15. The molecule has 0 aliphatic heterocycles. The first-order chi connectivity index (χ1) is 9.81. The third kappa shape index (κ3) is 6.60. The van der Waals surface area contributed by atoms with Crippen LogP contribution in [0.2, 0.25) is 0 Å². The summed E-state index contributed by atoms with van der Waals surface area (Å²) in [5, 5.41) is 2.41. The maximum absolute atomic E-state index is 11.7. The number of esters is 1. The Kier molecular flexibility index (Phi) is 5.95. The highest BCUT2D eigenvalue weighted by Gasteiger charge is 2.25. The van der Waals surface area contributed by atoms with Gasteiger partial charge in [-0.3, -0.25) is 0 Å². The molecular weight excluding hydrogens is 276 g/mol. The van der Waals surface area contributed by atoms with E-state index in [1.54, 1.807) is 45.2 Å². The van der Waals surface area contributed by atoms with Crippen LogP contribution in [0.3, 0.4) is 0 Å². The van der Waals surface area contributed by atoms with Crippen molar-refractivity contribution in [2.75, 3.05) is 13.7 Å². The van der Waals surface area contributed by atoms with Gasteiger partial charge in [-0.2, -0.15) is 0 Å². The number of methoxy groups -OCH3 is 1. The zero-order chi connectivity index (χ0) is 15.9. The average Bonchev–Trinajstić information content (AvgIpc) is 2.41. The number of hydrogen-bond acceptors (Lipinski definition) is 6. The van der Waals surface area contributed by atoms with Gasteiger partial charge >= 0.3 is 12.1 Å². The van der Waals surface area contributed by atoms with Gasteiger partial charge in [0.15, 0.2) is 6.04 Å². The molecule has 21 heavy (non-hydrogen) atoms. The monoisotopic (exact) mass is 296 g/mol. The van der Waals surface area contributed by atoms with E-state index in [4.69, 9.17) is 9.47 Å². The highest BCUT2D eigenvalue weighted by atomic mass is 16.6. The second-order valence-corrected chi connectivity index (χ2v) is 5.20. The molecule has 0 fully saturated rings. The van der Waals surface area contributed by atoms with Crippen molar-refractivity contribution < 1.29 is 23.8 Å². The lowest BCUT2D eigenvalue weighted by Gasteiger charge is -2.22. The smallest absolute Gasteiger partial charge is 0.408 e. The summed E-state index contributed by atoms with van der Waals surface area (Å²) in [4.78, 5) is 27.3. The number of pyridine rings is 1. The zero-order valence-corrected chi connectivity index (χ0v) is 12.6. The van der Waals surface area contributed by atoms with Crippen LogP contribution >= 0.6 is 0 Å². The summed E-state index contributed by atoms with van der Waals surface area (Å²) >= 11 is 0. The van der Waals surface area contributed by atoms with Crippen LogP contribution in [0.5, 0.6) is 5.88 Å². The first-order valence-corrected chi connectivity index (χ1v) is 6.43. The van der Waals surface area contributed by atoms with Crippen LogP contribution in [0.4, 0.5) is 4.79 Å². The highest BCUT2D eigenvalue weighted by Crippen LogP contribution is 2.08. The van der Waals surface area contributed by atoms with Gasteiger partial charge in [0.1, 0.15) is 12.2 Å². The molecule has 0 saturated carbocycles. The van der Waals surface area contributed by atoms with Gasteiger partial charge in [0.2, 0.25) is 5.88 Å². The van der Waals surface area contributed by atoms with Gasteiger partial charge in [0, 0.05) is 12.3 Å². The fraction of sp³-hybridized carbons (Fsp3) is 0.500. The predicted molar refractivity (Wildman–Crippen MR) is 74.9 cm³/mol. The number of carbonyl (C=O) groups is 2. The molecule has 0 spiro atoms. The molecule has 1 heterocycles. The van der Waals surface area contributed by atoms with E-state index >= 15 is 0 Å². The van der Waals surface area contributed by atoms with E-state index in [2.05, 4.69) is 15.0 Å². The van der Waals surface area contributed by atoms with Crippen molar-refractivity contribution in [2.24, 2.45) is 0 Å². The molecule has 0 radical (unpaired) electrons. The molecule has 7 heteroatoms. The van der Waals surface area contributed by atoms with Crippen molar-refractivity contribution >= 4 is 12.1 Å². The van der Waals surface area contributed by atoms with Crippen LogP contribution < -0.4 is 10.1 Å². The molecule has 1 N–H and O–H groups in total. The first kappa shape index (κ1) is 16.7. The van der Waals surface area contributed by atoms with Gasteiger partial charge in [-0.15, -0.1) is 0 Å². The minimum Gasteiger partial charge on any atom is -0.475 e. The van der Waals surface area contributed by atoms with Gasteiger partial charge in [0.05, 0.1) is 7.11 Å². The van der Waals surface area contributed by atoms with Gasteiger partial charge in [0.25, 0.3) is 0 Å². The van der Waals surface area contributed by atoms with Crippen molar-refractivity contribution in [3.05, 3.63) is 24.4 Å². The van der Waals surface area contributed by atoms with E-state index in [0.717, 1.165) is 0 Å². The van der Waals surface area contributed by atoms with Gasteiger partial charge in [-0.05, 0) is 26.8 Å². The topological polar surface area (TPSA) is 86.8 Å². The van der Waals surface area contributed by atoms with Gasteiger partial charge < -0.3 is 19.5 Å². The largest absolute Gasteiger partial charge is 0.475 e. The minimum atomic E-state index is -0.980. The van der Waals surface area contributed by atoms with Crippen molar-refractivity contribution in [1.29, 1.82) is 0 Å². The van der Waals surface area contributed by atoms with Gasteiger partial charge in [-0.25, -0.2) is 14.6 Å². The highest BCUT2D eigenvalue weighted by molar-refractivity contribution is 5.81. The Morgan fingerprint density at radius 3 is 2.57 bits per heavy atom. The maximum atomic E-state index is 11.7. The summed E-state index contributed by atoms with van der Waals surface area (Å²) in [5.74, 6) is -0.283. The normalized spacial score (nSPS) is 12.2. The molecule has 1 aromatic rings. The minimum absolute atomic E-state index is 0.108. The van der Waals surface area contributed by atoms with Crippen LogP contribution in [0.15, 0.2) is 24.4 Å². The molecule has 0 aliphatic carbocycles. The van der Waals surface area contributed by atoms with Crippen LogP contribution in [-0.2, 0) is 14.3 Å². The van der Waals surface area contributed by atoms with E-state index in [9.17, 15) is 9.59 Å². The lowest BCUT2D eigenvalue weighted by molar-refractivity contribution is -0.143. The lowest BCUT2D eigenvalue weighted by Crippen LogP contribution is -2.47. The SMILES string of the molecule is COC(=O)C(COc1ccccn1)NC(=O)OC(C)(C)C. The molecule has 0 aliphatic rings. The van der Waals surface area contributed by atoms with Crippen molar-refractivity contribution in [1.82, 2.24) is 10.3 Å². The predicted octanol–water partition coefficient (Wildman–Crippen LogP) is 1.53. The Morgan fingerprint density at radius 2 is 2.05 bits per heavy atom. The van der Waals surface area contributed by atoms with E-state index in [-0.39, 0.29) is 6.61 Å². The van der Waals surface area contributed by atoms with Crippen LogP contribution in [0.25, 0.3) is 0 Å². The van der Waals surface area contributed by atoms with Crippen molar-refractivity contribution in [3.63, 3.8) is 0 Å². The Bertz CT molecular complexity index is 470. The molecule has 0 bridgehead atoms. The summed E-state index contributed by atoms with van der Waals surface area (Å²) in [6.45, 7) is 5.07. The fourth-order valence-corrected chi connectivity index (χ4v) is 1.36. The number of rotatable bonds is 5. The first-order valence-electron chi connectivity index (χ1n) is 6.43. The Labute approximate surface area is 123 Å². The number of ether oxygens (including phenoxy) is 3. The fourth-order valence-electron chi connectivity index (χ4n) is 1.36. The number of aromatic nitrogens is 1. The Hall–Kier alpha value is -2.31. The third-order valence-corrected chi connectivity index (χ3v) is 2.21. The molecule has 1 amide bonds. The van der Waals surface area contributed by atoms with Crippen molar-refractivity contribution in [2.45, 2.75) is 32.4 Å². The molecule has 1 aromatic heterocycles. The summed E-state index contributed by atoms with van der Waals surface area (Å²) < 4.78 is 15.0. The molecule has 116 valence electrons. The molecular formula is C14H20N2O5. The summed E-state index contributed by atoms with van der Waals surface area (Å²) in [7, 11) is 1.23. The number of amides is 1. The standard InChI is InChI=1S/C14H20N2O5/c1-14(2,3)21-13(18)16-10(12(17)19-4)9-20-11-7-5-6-8-15-11/h5-8,10H,9H2,1-4H3,(H,16,18). The second kappa shape index (κ2) is 7.47. The maximum Gasteiger partial charge on any atom is 0.408 e. The average molecular weight is 296 g/mol. The molecule has 1 rings (SSSR count). The van der Waals surface area contributed by atoms with E-state index in [0.29, 0.717) is 5.88 Å². The Balaban J connectivity index is 2.60. The number of nitrogens with zero attached hydrogens (tertiary/aromatic N) is 1. The molecule has 1 atom stereocenters. The molecule has 1 unspecified atom stereocenters. The van der Waals surface area contributed by atoms with Crippen LogP contribution in [0.1, 0.15) is 20.8 Å². The van der Waals surface area contributed by atoms with Crippen LogP contribution in [-0.4, -0.2) is 42.4 Å². The number of alkyl carbamates (subject to hydrolysis) is 1. The second-order valence-electron chi connectivity index (χ2n) is 5.20. The van der Waals surface area contributed by atoms with E-state index in [1.807, 2.05) is 0 Å². The zero-order valence-electron chi connectivity index (χ0n) is 12.6. The Morgan fingerprint density at radius 1 is 1.33 bits per heavy atom. The van der Waals surface area contributed by atoms with Gasteiger partial charge in [-0.1, -0.05) is 6.07 Å². The van der Waals surface area contributed by atoms with Crippen LogP contribution in [0, 0.1) is 0 Å². The molecule has 7 nitrogen and oxygen atoms in total. The van der Waals surface area contributed by atoms with Crippen molar-refractivity contribution in [3.8, 4) is 5.88 Å². The lowest BCUT2D eigenvalue weighted by atomic mass is 10.2. The number of carbonyl (C=O) groups excluding carboxylic acids is 2. The number of nitrogens with one attached hydrogen (secondary N) is 1.